The van der Waals surface area contributed by atoms with Crippen LogP contribution in [0.3, 0.4) is 0 Å². The monoisotopic (exact) mass is 175 g/mol. The molecule has 13 heavy (non-hydrogen) atoms. The minimum atomic E-state index is -0.184. The fourth-order valence-corrected chi connectivity index (χ4v) is 1.28. The average molecular weight is 175 g/mol. The Labute approximate surface area is 74.6 Å². The van der Waals surface area contributed by atoms with Crippen molar-refractivity contribution in [2.45, 2.75) is 13.8 Å². The third kappa shape index (κ3) is 1.20. The van der Waals surface area contributed by atoms with Crippen molar-refractivity contribution in [1.82, 2.24) is 15.2 Å². The number of aromatic amines is 1. The molecule has 66 valence electrons. The van der Waals surface area contributed by atoms with Crippen LogP contribution in [0.2, 0.25) is 0 Å². The van der Waals surface area contributed by atoms with Gasteiger partial charge in [0.2, 0.25) is 0 Å². The highest BCUT2D eigenvalue weighted by Gasteiger charge is 2.03. The van der Waals surface area contributed by atoms with E-state index in [1.54, 1.807) is 6.20 Å². The molecule has 2 aromatic heterocycles. The Morgan fingerprint density at radius 1 is 1.38 bits per heavy atom. The second kappa shape index (κ2) is 2.65. The normalized spacial score (nSPS) is 10.6. The largest absolute Gasteiger partial charge is 0.273 e. The van der Waals surface area contributed by atoms with E-state index < -0.39 is 0 Å². The molecule has 2 aromatic rings. The van der Waals surface area contributed by atoms with E-state index in [0.717, 1.165) is 11.3 Å². The summed E-state index contributed by atoms with van der Waals surface area (Å²) in [6.45, 7) is 3.72. The molecule has 0 fully saturated rings. The first-order chi connectivity index (χ1) is 6.18. The SMILES string of the molecule is Cc1cnc2c(C)n[nH]c(=O)c2c1. The number of aromatic nitrogens is 3. The molecular weight excluding hydrogens is 166 g/mol. The predicted octanol–water partition coefficient (Wildman–Crippen LogP) is 0.935. The van der Waals surface area contributed by atoms with Gasteiger partial charge in [-0.2, -0.15) is 5.10 Å². The number of nitrogens with one attached hydrogen (secondary N) is 1. The zero-order valence-corrected chi connectivity index (χ0v) is 7.46. The first-order valence-corrected chi connectivity index (χ1v) is 4.00. The minimum Gasteiger partial charge on any atom is -0.267 e. The average Bonchev–Trinajstić information content (AvgIpc) is 2.12. The van der Waals surface area contributed by atoms with Crippen molar-refractivity contribution in [2.75, 3.05) is 0 Å². The predicted molar refractivity (Wildman–Crippen MR) is 49.6 cm³/mol. The van der Waals surface area contributed by atoms with Gasteiger partial charge in [-0.25, -0.2) is 5.10 Å². The van der Waals surface area contributed by atoms with Gasteiger partial charge in [0.25, 0.3) is 5.56 Å². The molecule has 0 atom stereocenters. The van der Waals surface area contributed by atoms with E-state index in [4.69, 9.17) is 0 Å². The molecule has 4 nitrogen and oxygen atoms in total. The number of hydrogen-bond acceptors (Lipinski definition) is 3. The summed E-state index contributed by atoms with van der Waals surface area (Å²) >= 11 is 0. The number of H-pyrrole nitrogens is 1. The minimum absolute atomic E-state index is 0.184. The standard InChI is InChI=1S/C9H9N3O/c1-5-3-7-8(10-4-5)6(2)11-12-9(7)13/h3-4H,1-2H3,(H,12,13). The van der Waals surface area contributed by atoms with Gasteiger partial charge in [0.15, 0.2) is 0 Å². The molecule has 1 N–H and O–H groups in total. The van der Waals surface area contributed by atoms with Gasteiger partial charge in [-0.1, -0.05) is 0 Å². The van der Waals surface area contributed by atoms with Crippen LogP contribution in [0.5, 0.6) is 0 Å². The highest BCUT2D eigenvalue weighted by atomic mass is 16.1. The van der Waals surface area contributed by atoms with E-state index >= 15 is 0 Å². The van der Waals surface area contributed by atoms with Crippen molar-refractivity contribution in [1.29, 1.82) is 0 Å². The molecule has 0 spiro atoms. The lowest BCUT2D eigenvalue weighted by molar-refractivity contribution is 0.962. The number of rotatable bonds is 0. The molecule has 0 saturated heterocycles. The Morgan fingerprint density at radius 3 is 2.92 bits per heavy atom. The van der Waals surface area contributed by atoms with Gasteiger partial charge in [0.05, 0.1) is 16.6 Å². The number of fused-ring (bicyclic) bond motifs is 1. The fourth-order valence-electron chi connectivity index (χ4n) is 1.28. The summed E-state index contributed by atoms with van der Waals surface area (Å²) in [5.41, 5.74) is 2.21. The van der Waals surface area contributed by atoms with Gasteiger partial charge in [0.1, 0.15) is 0 Å². The quantitative estimate of drug-likeness (QED) is 0.648. The number of nitrogens with zero attached hydrogens (tertiary/aromatic N) is 2. The van der Waals surface area contributed by atoms with Crippen LogP contribution in [0.4, 0.5) is 0 Å². The van der Waals surface area contributed by atoms with Crippen molar-refractivity contribution in [2.24, 2.45) is 0 Å². The zero-order chi connectivity index (χ0) is 9.42. The van der Waals surface area contributed by atoms with Gasteiger partial charge < -0.3 is 0 Å². The van der Waals surface area contributed by atoms with Crippen molar-refractivity contribution in [3.05, 3.63) is 33.9 Å². The smallest absolute Gasteiger partial charge is 0.267 e. The van der Waals surface area contributed by atoms with Crippen LogP contribution < -0.4 is 5.56 Å². The maximum Gasteiger partial charge on any atom is 0.273 e. The van der Waals surface area contributed by atoms with E-state index in [1.807, 2.05) is 19.9 Å². The van der Waals surface area contributed by atoms with Gasteiger partial charge in [0, 0.05) is 6.20 Å². The molecule has 0 aliphatic rings. The van der Waals surface area contributed by atoms with Crippen LogP contribution in [0.25, 0.3) is 10.9 Å². The summed E-state index contributed by atoms with van der Waals surface area (Å²) in [5.74, 6) is 0. The highest BCUT2D eigenvalue weighted by molar-refractivity contribution is 5.79. The molecule has 0 aliphatic carbocycles. The number of hydrogen-bond donors (Lipinski definition) is 1. The summed E-state index contributed by atoms with van der Waals surface area (Å²) in [7, 11) is 0. The molecule has 0 saturated carbocycles. The van der Waals surface area contributed by atoms with Crippen LogP contribution in [-0.4, -0.2) is 15.2 Å². The molecule has 0 unspecified atom stereocenters. The van der Waals surface area contributed by atoms with E-state index in [2.05, 4.69) is 15.2 Å². The third-order valence-electron chi connectivity index (χ3n) is 1.94. The Kier molecular flexibility index (Phi) is 1.62. The van der Waals surface area contributed by atoms with Gasteiger partial charge in [-0.05, 0) is 25.5 Å². The Morgan fingerprint density at radius 2 is 2.15 bits per heavy atom. The van der Waals surface area contributed by atoms with E-state index in [1.165, 1.54) is 0 Å². The number of aryl methyl sites for hydroxylation is 2. The maximum absolute atomic E-state index is 11.3. The molecule has 0 aromatic carbocycles. The molecule has 0 bridgehead atoms. The van der Waals surface area contributed by atoms with E-state index in [-0.39, 0.29) is 5.56 Å². The van der Waals surface area contributed by atoms with Crippen molar-refractivity contribution in [3.8, 4) is 0 Å². The summed E-state index contributed by atoms with van der Waals surface area (Å²) < 4.78 is 0. The van der Waals surface area contributed by atoms with Crippen LogP contribution >= 0.6 is 0 Å². The van der Waals surface area contributed by atoms with Gasteiger partial charge >= 0.3 is 0 Å². The van der Waals surface area contributed by atoms with Crippen molar-refractivity contribution < 1.29 is 0 Å². The maximum atomic E-state index is 11.3. The molecule has 0 aliphatic heterocycles. The van der Waals surface area contributed by atoms with E-state index in [0.29, 0.717) is 10.9 Å². The first kappa shape index (κ1) is 7.91. The summed E-state index contributed by atoms with van der Waals surface area (Å²) in [6.07, 6.45) is 1.73. The second-order valence-electron chi connectivity index (χ2n) is 3.05. The molecule has 4 heteroatoms. The molecular formula is C9H9N3O. The summed E-state index contributed by atoms with van der Waals surface area (Å²) in [6, 6.07) is 1.82. The van der Waals surface area contributed by atoms with Crippen LogP contribution in [0, 0.1) is 13.8 Å². The van der Waals surface area contributed by atoms with Crippen LogP contribution in [0.1, 0.15) is 11.3 Å². The van der Waals surface area contributed by atoms with E-state index in [9.17, 15) is 4.79 Å². The Bertz CT molecular complexity index is 516. The van der Waals surface area contributed by atoms with Crippen LogP contribution in [-0.2, 0) is 0 Å². The lowest BCUT2D eigenvalue weighted by Crippen LogP contribution is -2.10. The Balaban J connectivity index is 3.01. The van der Waals surface area contributed by atoms with Gasteiger partial charge in [-0.3, -0.25) is 9.78 Å². The van der Waals surface area contributed by atoms with Crippen molar-refractivity contribution >= 4 is 10.9 Å². The Hall–Kier alpha value is -1.71. The van der Waals surface area contributed by atoms with Crippen LogP contribution in [0.15, 0.2) is 17.1 Å². The second-order valence-corrected chi connectivity index (χ2v) is 3.05. The lowest BCUT2D eigenvalue weighted by Gasteiger charge is -1.99. The number of pyridine rings is 1. The molecule has 2 heterocycles. The molecule has 0 radical (unpaired) electrons. The zero-order valence-electron chi connectivity index (χ0n) is 7.46. The topological polar surface area (TPSA) is 58.6 Å². The van der Waals surface area contributed by atoms with Gasteiger partial charge in [-0.15, -0.1) is 0 Å². The fraction of sp³-hybridized carbons (Fsp3) is 0.222. The highest BCUT2D eigenvalue weighted by Crippen LogP contribution is 2.09. The molecule has 0 amide bonds. The lowest BCUT2D eigenvalue weighted by atomic mass is 10.2. The molecule has 2 rings (SSSR count). The summed E-state index contributed by atoms with van der Waals surface area (Å²) in [5, 5.41) is 6.86. The summed E-state index contributed by atoms with van der Waals surface area (Å²) in [4.78, 5) is 15.5. The van der Waals surface area contributed by atoms with Crippen molar-refractivity contribution in [3.63, 3.8) is 0 Å². The first-order valence-electron chi connectivity index (χ1n) is 4.00. The third-order valence-corrected chi connectivity index (χ3v) is 1.94.